The summed E-state index contributed by atoms with van der Waals surface area (Å²) in [5, 5.41) is 13.1. The standard InChI is InChI=1S/C22H19N3O3/c1-2-13-27-18-9-7-16(8-10-18)22(26)25-24-15-19-11-12-21(28-19)20-6-4-3-5-17(20)14-23/h3-12,15H,2,13H2,1H3,(H,25,26)/b24-15-. The van der Waals surface area contributed by atoms with Crippen molar-refractivity contribution >= 4 is 12.1 Å². The molecule has 0 unspecified atom stereocenters. The Morgan fingerprint density at radius 2 is 1.96 bits per heavy atom. The second kappa shape index (κ2) is 9.19. The molecule has 0 bridgehead atoms. The van der Waals surface area contributed by atoms with Crippen molar-refractivity contribution in [3.63, 3.8) is 0 Å². The van der Waals surface area contributed by atoms with Crippen molar-refractivity contribution in [3.8, 4) is 23.1 Å². The lowest BCUT2D eigenvalue weighted by molar-refractivity contribution is 0.0955. The fourth-order valence-corrected chi connectivity index (χ4v) is 2.50. The molecule has 0 spiro atoms. The highest BCUT2D eigenvalue weighted by Gasteiger charge is 2.08. The van der Waals surface area contributed by atoms with Crippen LogP contribution in [0.25, 0.3) is 11.3 Å². The van der Waals surface area contributed by atoms with Crippen molar-refractivity contribution in [3.05, 3.63) is 77.6 Å². The van der Waals surface area contributed by atoms with Crippen molar-refractivity contribution in [1.82, 2.24) is 5.43 Å². The van der Waals surface area contributed by atoms with E-state index in [0.717, 1.165) is 12.2 Å². The van der Waals surface area contributed by atoms with E-state index in [0.29, 0.717) is 34.8 Å². The Bertz CT molecular complexity index is 1010. The van der Waals surface area contributed by atoms with Crippen LogP contribution in [0.1, 0.15) is 35.0 Å². The van der Waals surface area contributed by atoms with Gasteiger partial charge in [-0.15, -0.1) is 0 Å². The first-order valence-corrected chi connectivity index (χ1v) is 8.87. The predicted octanol–water partition coefficient (Wildman–Crippen LogP) is 4.37. The lowest BCUT2D eigenvalue weighted by atomic mass is 10.1. The van der Waals surface area contributed by atoms with Gasteiger partial charge < -0.3 is 9.15 Å². The zero-order chi connectivity index (χ0) is 19.8. The molecule has 2 aromatic carbocycles. The molecule has 3 rings (SSSR count). The van der Waals surface area contributed by atoms with Crippen molar-refractivity contribution in [2.45, 2.75) is 13.3 Å². The van der Waals surface area contributed by atoms with E-state index in [9.17, 15) is 10.1 Å². The fourth-order valence-electron chi connectivity index (χ4n) is 2.50. The number of nitrogens with one attached hydrogen (secondary N) is 1. The van der Waals surface area contributed by atoms with Gasteiger partial charge in [-0.1, -0.05) is 19.1 Å². The Kier molecular flexibility index (Phi) is 6.21. The number of amides is 1. The summed E-state index contributed by atoms with van der Waals surface area (Å²) in [7, 11) is 0. The van der Waals surface area contributed by atoms with Gasteiger partial charge in [0, 0.05) is 11.1 Å². The molecular formula is C22H19N3O3. The molecule has 140 valence electrons. The van der Waals surface area contributed by atoms with Gasteiger partial charge in [-0.3, -0.25) is 4.79 Å². The number of hydrazone groups is 1. The van der Waals surface area contributed by atoms with Crippen LogP contribution < -0.4 is 10.2 Å². The second-order valence-electron chi connectivity index (χ2n) is 5.93. The molecule has 0 fully saturated rings. The number of rotatable bonds is 7. The molecule has 0 aliphatic heterocycles. The smallest absolute Gasteiger partial charge is 0.271 e. The summed E-state index contributed by atoms with van der Waals surface area (Å²) in [5.74, 6) is 1.42. The van der Waals surface area contributed by atoms with Gasteiger partial charge in [0.25, 0.3) is 5.91 Å². The van der Waals surface area contributed by atoms with E-state index >= 15 is 0 Å². The molecule has 3 aromatic rings. The number of furan rings is 1. The van der Waals surface area contributed by atoms with Crippen LogP contribution in [0.3, 0.4) is 0 Å². The molecule has 1 amide bonds. The van der Waals surface area contributed by atoms with Gasteiger partial charge in [0.15, 0.2) is 0 Å². The highest BCUT2D eigenvalue weighted by atomic mass is 16.5. The quantitative estimate of drug-likeness (QED) is 0.492. The summed E-state index contributed by atoms with van der Waals surface area (Å²) in [6.07, 6.45) is 2.34. The van der Waals surface area contributed by atoms with Gasteiger partial charge in [-0.05, 0) is 55.0 Å². The van der Waals surface area contributed by atoms with E-state index in [2.05, 4.69) is 16.6 Å². The molecule has 1 N–H and O–H groups in total. The monoisotopic (exact) mass is 373 g/mol. The van der Waals surface area contributed by atoms with Gasteiger partial charge in [-0.25, -0.2) is 5.43 Å². The molecule has 28 heavy (non-hydrogen) atoms. The van der Waals surface area contributed by atoms with Gasteiger partial charge in [-0.2, -0.15) is 10.4 Å². The SMILES string of the molecule is CCCOc1ccc(C(=O)N/N=C\c2ccc(-c3ccccc3C#N)o2)cc1. The van der Waals surface area contributed by atoms with E-state index in [4.69, 9.17) is 9.15 Å². The molecule has 0 saturated heterocycles. The van der Waals surface area contributed by atoms with Gasteiger partial charge in [0.05, 0.1) is 24.5 Å². The zero-order valence-electron chi connectivity index (χ0n) is 15.4. The number of nitriles is 1. The van der Waals surface area contributed by atoms with Crippen molar-refractivity contribution in [2.75, 3.05) is 6.61 Å². The maximum absolute atomic E-state index is 12.1. The van der Waals surface area contributed by atoms with Crippen LogP contribution >= 0.6 is 0 Å². The Morgan fingerprint density at radius 3 is 2.71 bits per heavy atom. The van der Waals surface area contributed by atoms with Crippen LogP contribution in [-0.4, -0.2) is 18.7 Å². The minimum Gasteiger partial charge on any atom is -0.494 e. The van der Waals surface area contributed by atoms with Gasteiger partial charge >= 0.3 is 0 Å². The van der Waals surface area contributed by atoms with Crippen LogP contribution in [0.5, 0.6) is 5.75 Å². The van der Waals surface area contributed by atoms with Crippen LogP contribution in [0.4, 0.5) is 0 Å². The van der Waals surface area contributed by atoms with E-state index in [1.54, 1.807) is 48.5 Å². The summed E-state index contributed by atoms with van der Waals surface area (Å²) in [6.45, 7) is 2.67. The average molecular weight is 373 g/mol. The molecule has 6 heteroatoms. The molecule has 0 aliphatic carbocycles. The van der Waals surface area contributed by atoms with Gasteiger partial charge in [0.2, 0.25) is 0 Å². The second-order valence-corrected chi connectivity index (χ2v) is 5.93. The number of hydrogen-bond donors (Lipinski definition) is 1. The molecule has 0 saturated carbocycles. The Hall–Kier alpha value is -3.85. The summed E-state index contributed by atoms with van der Waals surface area (Å²) in [4.78, 5) is 12.1. The third-order valence-electron chi connectivity index (χ3n) is 3.89. The zero-order valence-corrected chi connectivity index (χ0v) is 15.4. The summed E-state index contributed by atoms with van der Waals surface area (Å²) >= 11 is 0. The van der Waals surface area contributed by atoms with E-state index in [1.807, 2.05) is 19.1 Å². The maximum atomic E-state index is 12.1. The third kappa shape index (κ3) is 4.65. The number of nitrogens with zero attached hydrogens (tertiary/aromatic N) is 2. The van der Waals surface area contributed by atoms with Crippen LogP contribution in [0.2, 0.25) is 0 Å². The average Bonchev–Trinajstić information content (AvgIpc) is 3.21. The molecule has 1 heterocycles. The summed E-state index contributed by atoms with van der Waals surface area (Å²) in [6, 6.07) is 19.7. The predicted molar refractivity (Wildman–Crippen MR) is 106 cm³/mol. The van der Waals surface area contributed by atoms with Crippen molar-refractivity contribution in [2.24, 2.45) is 5.10 Å². The lowest BCUT2D eigenvalue weighted by Gasteiger charge is -2.05. The Balaban J connectivity index is 1.61. The van der Waals surface area contributed by atoms with Crippen molar-refractivity contribution in [1.29, 1.82) is 5.26 Å². The van der Waals surface area contributed by atoms with E-state index in [1.165, 1.54) is 6.21 Å². The number of benzene rings is 2. The molecule has 0 aliphatic rings. The van der Waals surface area contributed by atoms with E-state index in [-0.39, 0.29) is 5.91 Å². The summed E-state index contributed by atoms with van der Waals surface area (Å²) in [5.41, 5.74) is 4.17. The Labute approximate surface area is 163 Å². The number of ether oxygens (including phenoxy) is 1. The number of carbonyl (C=O) groups is 1. The number of hydrogen-bond acceptors (Lipinski definition) is 5. The first-order chi connectivity index (χ1) is 13.7. The van der Waals surface area contributed by atoms with Crippen LogP contribution in [0, 0.1) is 11.3 Å². The Morgan fingerprint density at radius 1 is 1.18 bits per heavy atom. The highest BCUT2D eigenvalue weighted by Crippen LogP contribution is 2.24. The largest absolute Gasteiger partial charge is 0.494 e. The normalized spacial score (nSPS) is 10.6. The van der Waals surface area contributed by atoms with E-state index < -0.39 is 0 Å². The van der Waals surface area contributed by atoms with Gasteiger partial charge in [0.1, 0.15) is 17.3 Å². The minimum atomic E-state index is -0.333. The lowest BCUT2D eigenvalue weighted by Crippen LogP contribution is -2.17. The van der Waals surface area contributed by atoms with Crippen molar-refractivity contribution < 1.29 is 13.9 Å². The first kappa shape index (κ1) is 18.9. The van der Waals surface area contributed by atoms with Crippen LogP contribution in [-0.2, 0) is 0 Å². The molecule has 0 atom stereocenters. The third-order valence-corrected chi connectivity index (χ3v) is 3.89. The first-order valence-electron chi connectivity index (χ1n) is 8.87. The molecule has 1 aromatic heterocycles. The molecule has 0 radical (unpaired) electrons. The maximum Gasteiger partial charge on any atom is 0.271 e. The highest BCUT2D eigenvalue weighted by molar-refractivity contribution is 5.94. The summed E-state index contributed by atoms with van der Waals surface area (Å²) < 4.78 is 11.2. The molecular weight excluding hydrogens is 354 g/mol. The fraction of sp³-hybridized carbons (Fsp3) is 0.136. The molecule has 6 nitrogen and oxygen atoms in total. The topological polar surface area (TPSA) is 87.6 Å². The number of carbonyl (C=O) groups excluding carboxylic acids is 1. The minimum absolute atomic E-state index is 0.333. The van der Waals surface area contributed by atoms with Crippen LogP contribution in [0.15, 0.2) is 70.2 Å².